The van der Waals surface area contributed by atoms with Crippen LogP contribution in [0.3, 0.4) is 0 Å². The van der Waals surface area contributed by atoms with Crippen molar-refractivity contribution < 1.29 is 4.79 Å². The van der Waals surface area contributed by atoms with Crippen molar-refractivity contribution in [2.75, 3.05) is 6.26 Å². The molecule has 1 aromatic rings. The fourth-order valence-electron chi connectivity index (χ4n) is 2.43. The molecular weight excluding hydrogens is 242 g/mol. The first-order chi connectivity index (χ1) is 8.79. The molecule has 3 heteroatoms. The molecule has 0 heterocycles. The summed E-state index contributed by atoms with van der Waals surface area (Å²) in [5, 5.41) is 3.14. The van der Waals surface area contributed by atoms with Gasteiger partial charge in [0, 0.05) is 17.4 Å². The second-order valence-electron chi connectivity index (χ2n) is 4.94. The van der Waals surface area contributed by atoms with E-state index in [1.54, 1.807) is 11.8 Å². The van der Waals surface area contributed by atoms with Crippen LogP contribution in [0.25, 0.3) is 0 Å². The first-order valence-electron chi connectivity index (χ1n) is 6.68. The van der Waals surface area contributed by atoms with E-state index in [-0.39, 0.29) is 5.91 Å². The molecule has 0 radical (unpaired) electrons. The van der Waals surface area contributed by atoms with Crippen LogP contribution in [0.2, 0.25) is 0 Å². The molecule has 18 heavy (non-hydrogen) atoms. The minimum Gasteiger partial charge on any atom is -0.349 e. The second-order valence-corrected chi connectivity index (χ2v) is 5.80. The van der Waals surface area contributed by atoms with Crippen LogP contribution in [0.15, 0.2) is 24.3 Å². The Morgan fingerprint density at radius 1 is 1.22 bits per heavy atom. The molecule has 0 atom stereocenters. The van der Waals surface area contributed by atoms with Crippen LogP contribution in [0, 0.1) is 0 Å². The molecule has 2 nitrogen and oxygen atoms in total. The topological polar surface area (TPSA) is 29.1 Å². The molecule has 1 fully saturated rings. The maximum absolute atomic E-state index is 12.1. The molecular formula is C15H21NOS. The van der Waals surface area contributed by atoms with Crippen molar-refractivity contribution in [1.29, 1.82) is 0 Å². The predicted octanol–water partition coefficient (Wildman–Crippen LogP) is 3.61. The third kappa shape index (κ3) is 3.77. The maximum Gasteiger partial charge on any atom is 0.251 e. The third-order valence-electron chi connectivity index (χ3n) is 3.47. The van der Waals surface area contributed by atoms with Gasteiger partial charge < -0.3 is 5.32 Å². The first kappa shape index (κ1) is 13.5. The van der Waals surface area contributed by atoms with Crippen LogP contribution in [0.4, 0.5) is 0 Å². The molecule has 1 aliphatic carbocycles. The first-order valence-corrected chi connectivity index (χ1v) is 8.07. The lowest BCUT2D eigenvalue weighted by atomic mass is 9.95. The quantitative estimate of drug-likeness (QED) is 0.899. The number of carbonyl (C=O) groups is 1. The molecule has 1 N–H and O–H groups in total. The second kappa shape index (κ2) is 6.83. The summed E-state index contributed by atoms with van der Waals surface area (Å²) in [6.07, 6.45) is 8.17. The average Bonchev–Trinajstić information content (AvgIpc) is 2.41. The summed E-state index contributed by atoms with van der Waals surface area (Å²) in [6, 6.07) is 8.35. The fraction of sp³-hybridized carbons (Fsp3) is 0.533. The fourth-order valence-corrected chi connectivity index (χ4v) is 2.96. The Bertz CT molecular complexity index is 382. The molecule has 2 rings (SSSR count). The van der Waals surface area contributed by atoms with Crippen molar-refractivity contribution in [2.24, 2.45) is 0 Å². The smallest absolute Gasteiger partial charge is 0.251 e. The molecule has 1 amide bonds. The summed E-state index contributed by atoms with van der Waals surface area (Å²) in [7, 11) is 0. The number of hydrogen-bond donors (Lipinski definition) is 1. The number of rotatable bonds is 4. The van der Waals surface area contributed by atoms with Gasteiger partial charge in [-0.15, -0.1) is 0 Å². The highest BCUT2D eigenvalue weighted by Gasteiger charge is 2.16. The van der Waals surface area contributed by atoms with Gasteiger partial charge in [-0.1, -0.05) is 31.4 Å². The van der Waals surface area contributed by atoms with Crippen LogP contribution >= 0.6 is 11.8 Å². The van der Waals surface area contributed by atoms with Crippen molar-refractivity contribution in [1.82, 2.24) is 5.32 Å². The maximum atomic E-state index is 12.1. The zero-order chi connectivity index (χ0) is 12.8. The number of amides is 1. The Balaban J connectivity index is 1.91. The lowest BCUT2D eigenvalue weighted by Crippen LogP contribution is -2.36. The van der Waals surface area contributed by atoms with E-state index in [0.29, 0.717) is 6.04 Å². The molecule has 0 spiro atoms. The van der Waals surface area contributed by atoms with Gasteiger partial charge in [-0.3, -0.25) is 4.79 Å². The monoisotopic (exact) mass is 263 g/mol. The van der Waals surface area contributed by atoms with Gasteiger partial charge in [-0.25, -0.2) is 0 Å². The van der Waals surface area contributed by atoms with E-state index in [1.165, 1.54) is 24.8 Å². The Morgan fingerprint density at radius 2 is 1.89 bits per heavy atom. The number of nitrogens with one attached hydrogen (secondary N) is 1. The molecule has 98 valence electrons. The predicted molar refractivity (Wildman–Crippen MR) is 78.0 cm³/mol. The van der Waals surface area contributed by atoms with Crippen molar-refractivity contribution in [3.8, 4) is 0 Å². The summed E-state index contributed by atoms with van der Waals surface area (Å²) in [6.45, 7) is 0. The summed E-state index contributed by atoms with van der Waals surface area (Å²) in [5.41, 5.74) is 2.06. The van der Waals surface area contributed by atoms with Gasteiger partial charge in [0.2, 0.25) is 0 Å². The highest BCUT2D eigenvalue weighted by Crippen LogP contribution is 2.18. The van der Waals surface area contributed by atoms with E-state index in [9.17, 15) is 4.79 Å². The average molecular weight is 263 g/mol. The number of hydrogen-bond acceptors (Lipinski definition) is 2. The molecule has 0 saturated heterocycles. The molecule has 1 aliphatic rings. The van der Waals surface area contributed by atoms with Crippen molar-refractivity contribution in [2.45, 2.75) is 43.9 Å². The Hall–Kier alpha value is -0.960. The van der Waals surface area contributed by atoms with E-state index in [1.807, 2.05) is 24.3 Å². The van der Waals surface area contributed by atoms with Crippen molar-refractivity contribution in [3.05, 3.63) is 35.4 Å². The Kier molecular flexibility index (Phi) is 5.12. The van der Waals surface area contributed by atoms with Gasteiger partial charge in [0.1, 0.15) is 0 Å². The zero-order valence-corrected chi connectivity index (χ0v) is 11.8. The summed E-state index contributed by atoms with van der Waals surface area (Å²) in [4.78, 5) is 12.1. The standard InChI is InChI=1S/C15H21NOS/c1-18-11-12-7-9-13(10-8-12)15(17)16-14-5-3-2-4-6-14/h7-10,14H,2-6,11H2,1H3,(H,16,17). The molecule has 0 unspecified atom stereocenters. The van der Waals surface area contributed by atoms with Gasteiger partial charge in [-0.2, -0.15) is 11.8 Å². The molecule has 0 bridgehead atoms. The van der Waals surface area contributed by atoms with Gasteiger partial charge in [-0.05, 0) is 36.8 Å². The van der Waals surface area contributed by atoms with E-state index >= 15 is 0 Å². The summed E-state index contributed by atoms with van der Waals surface area (Å²) < 4.78 is 0. The SMILES string of the molecule is CSCc1ccc(C(=O)NC2CCCCC2)cc1. The highest BCUT2D eigenvalue weighted by molar-refractivity contribution is 7.97. The summed E-state index contributed by atoms with van der Waals surface area (Å²) in [5.74, 6) is 1.09. The van der Waals surface area contributed by atoms with Gasteiger partial charge in [0.15, 0.2) is 0 Å². The van der Waals surface area contributed by atoms with Crippen molar-refractivity contribution in [3.63, 3.8) is 0 Å². The highest BCUT2D eigenvalue weighted by atomic mass is 32.2. The van der Waals surface area contributed by atoms with E-state index in [2.05, 4.69) is 11.6 Å². The Morgan fingerprint density at radius 3 is 2.50 bits per heavy atom. The summed E-state index contributed by atoms with van der Waals surface area (Å²) >= 11 is 1.80. The van der Waals surface area contributed by atoms with E-state index in [0.717, 1.165) is 24.2 Å². The molecule has 1 saturated carbocycles. The van der Waals surface area contributed by atoms with E-state index < -0.39 is 0 Å². The number of thioether (sulfide) groups is 1. The van der Waals surface area contributed by atoms with Gasteiger partial charge in [0.25, 0.3) is 5.91 Å². The molecule has 0 aromatic heterocycles. The van der Waals surface area contributed by atoms with Gasteiger partial charge >= 0.3 is 0 Å². The van der Waals surface area contributed by atoms with Crippen LogP contribution in [0.5, 0.6) is 0 Å². The number of carbonyl (C=O) groups excluding carboxylic acids is 1. The normalized spacial score (nSPS) is 16.5. The van der Waals surface area contributed by atoms with Crippen LogP contribution in [-0.2, 0) is 5.75 Å². The third-order valence-corrected chi connectivity index (χ3v) is 4.09. The minimum absolute atomic E-state index is 0.0811. The lowest BCUT2D eigenvalue weighted by molar-refractivity contribution is 0.0927. The van der Waals surface area contributed by atoms with Gasteiger partial charge in [0.05, 0.1) is 0 Å². The Labute approximate surface area is 114 Å². The number of benzene rings is 1. The molecule has 0 aliphatic heterocycles. The van der Waals surface area contributed by atoms with Crippen molar-refractivity contribution >= 4 is 17.7 Å². The van der Waals surface area contributed by atoms with Crippen LogP contribution < -0.4 is 5.32 Å². The minimum atomic E-state index is 0.0811. The molecule has 1 aromatic carbocycles. The lowest BCUT2D eigenvalue weighted by Gasteiger charge is -2.22. The van der Waals surface area contributed by atoms with Crippen LogP contribution in [-0.4, -0.2) is 18.2 Å². The van der Waals surface area contributed by atoms with Crippen LogP contribution in [0.1, 0.15) is 48.0 Å². The van der Waals surface area contributed by atoms with E-state index in [4.69, 9.17) is 0 Å². The largest absolute Gasteiger partial charge is 0.349 e. The zero-order valence-electron chi connectivity index (χ0n) is 10.9.